The zero-order valence-electron chi connectivity index (χ0n) is 32.3. The Morgan fingerprint density at radius 2 is 0.948 bits per heavy atom. The van der Waals surface area contributed by atoms with Crippen LogP contribution in [0.5, 0.6) is 0 Å². The number of hydrogen-bond donors (Lipinski definition) is 0. The first kappa shape index (κ1) is 33.7. The molecule has 278 valence electrons. The molecule has 0 radical (unpaired) electrons. The molecule has 1 saturated carbocycles. The average molecular weight is 763 g/mol. The van der Waals surface area contributed by atoms with Gasteiger partial charge in [0.1, 0.15) is 0 Å². The van der Waals surface area contributed by atoms with Gasteiger partial charge in [-0.2, -0.15) is 0 Å². The molecule has 3 unspecified atom stereocenters. The molecule has 0 amide bonds. The Morgan fingerprint density at radius 3 is 1.64 bits per heavy atom. The molecule has 1 fully saturated rings. The maximum Gasteiger partial charge on any atom is 0.0540 e. The van der Waals surface area contributed by atoms with Crippen LogP contribution in [0.15, 0.2) is 194 Å². The van der Waals surface area contributed by atoms with Gasteiger partial charge in [-0.25, -0.2) is 0 Å². The average Bonchev–Trinajstić information content (AvgIpc) is 4.02. The van der Waals surface area contributed by atoms with Gasteiger partial charge in [-0.15, -0.1) is 11.3 Å². The minimum atomic E-state index is -0.124. The zero-order valence-corrected chi connectivity index (χ0v) is 33.1. The highest BCUT2D eigenvalue weighted by molar-refractivity contribution is 7.25. The summed E-state index contributed by atoms with van der Waals surface area (Å²) in [5.74, 6) is 1.06. The van der Waals surface area contributed by atoms with Gasteiger partial charge in [0.05, 0.1) is 17.1 Å². The van der Waals surface area contributed by atoms with E-state index in [2.05, 4.69) is 204 Å². The van der Waals surface area contributed by atoms with Gasteiger partial charge in [0.15, 0.2) is 0 Å². The maximum absolute atomic E-state index is 2.58. The lowest BCUT2D eigenvalue weighted by atomic mass is 9.68. The van der Waals surface area contributed by atoms with Crippen molar-refractivity contribution in [3.8, 4) is 11.1 Å². The van der Waals surface area contributed by atoms with Crippen LogP contribution < -0.4 is 9.80 Å². The van der Waals surface area contributed by atoms with Gasteiger partial charge in [0.2, 0.25) is 0 Å². The van der Waals surface area contributed by atoms with Crippen LogP contribution in [0, 0.1) is 11.8 Å². The van der Waals surface area contributed by atoms with Crippen LogP contribution >= 0.6 is 11.3 Å². The SMILES string of the molecule is c1ccc(-c2ccccc2N(c2ccccc2)c2cccc3c2C24c5c(cccc5N(c5ccccc5)c5ccc6c(c5)sc5ccccc56)CC2CCC4C3)cc1. The van der Waals surface area contributed by atoms with Crippen LogP contribution in [-0.4, -0.2) is 0 Å². The van der Waals surface area contributed by atoms with Crippen LogP contribution in [0.4, 0.5) is 34.1 Å². The van der Waals surface area contributed by atoms with E-state index in [9.17, 15) is 0 Å². The van der Waals surface area contributed by atoms with Crippen LogP contribution in [0.3, 0.4) is 0 Å². The standard InChI is InChI=1S/C55H42N2S/c1-4-16-37(17-5-1)45-24-10-12-26-48(45)57(43-22-8-3-9-23-43)50-28-15-19-39-35-41-31-30-40-34-38-18-14-27-49(53(38)55(40,41)54(39)50)56(42-20-6-2-7-21-42)44-32-33-47-46-25-11-13-29-51(46)58-52(47)36-44/h1-29,32-33,36,40-41H,30-31,34-35H2. The first-order valence-corrected chi connectivity index (χ1v) is 21.6. The largest absolute Gasteiger partial charge is 0.310 e. The smallest absolute Gasteiger partial charge is 0.0540 e. The predicted octanol–water partition coefficient (Wildman–Crippen LogP) is 15.1. The van der Waals surface area contributed by atoms with Crippen LogP contribution in [-0.2, 0) is 18.3 Å². The number of nitrogens with zero attached hydrogens (tertiary/aromatic N) is 2. The lowest BCUT2D eigenvalue weighted by molar-refractivity contribution is 0.350. The molecule has 2 nitrogen and oxygen atoms in total. The second kappa shape index (κ2) is 13.3. The highest BCUT2D eigenvalue weighted by Crippen LogP contribution is 2.69. The second-order valence-electron chi connectivity index (χ2n) is 16.4. The van der Waals surface area contributed by atoms with E-state index in [4.69, 9.17) is 0 Å². The van der Waals surface area contributed by atoms with Crippen molar-refractivity contribution in [3.63, 3.8) is 0 Å². The van der Waals surface area contributed by atoms with E-state index in [0.29, 0.717) is 11.8 Å². The van der Waals surface area contributed by atoms with Crippen molar-refractivity contribution in [2.24, 2.45) is 11.8 Å². The van der Waals surface area contributed by atoms with Crippen LogP contribution in [0.2, 0.25) is 0 Å². The fraction of sp³-hybridized carbons (Fsp3) is 0.127. The first-order valence-electron chi connectivity index (χ1n) is 20.8. The van der Waals surface area contributed by atoms with Gasteiger partial charge in [0, 0.05) is 48.2 Å². The molecule has 58 heavy (non-hydrogen) atoms. The molecule has 0 saturated heterocycles. The molecule has 0 bridgehead atoms. The van der Waals surface area contributed by atoms with E-state index in [1.807, 2.05) is 11.3 Å². The van der Waals surface area contributed by atoms with Crippen LogP contribution in [0.1, 0.15) is 35.1 Å². The highest BCUT2D eigenvalue weighted by atomic mass is 32.1. The molecule has 3 aliphatic carbocycles. The summed E-state index contributed by atoms with van der Waals surface area (Å²) in [5, 5.41) is 2.67. The normalized spacial score (nSPS) is 18.8. The first-order chi connectivity index (χ1) is 28.8. The molecule has 9 aromatic rings. The van der Waals surface area contributed by atoms with Crippen molar-refractivity contribution in [2.75, 3.05) is 9.80 Å². The molecule has 1 aromatic heterocycles. The van der Waals surface area contributed by atoms with Crippen molar-refractivity contribution in [2.45, 2.75) is 31.1 Å². The molecule has 0 N–H and O–H groups in total. The van der Waals surface area contributed by atoms with E-state index in [-0.39, 0.29) is 5.41 Å². The Hall–Kier alpha value is -6.42. The van der Waals surface area contributed by atoms with Gasteiger partial charge in [-0.1, -0.05) is 133 Å². The molecular weight excluding hydrogens is 721 g/mol. The molecule has 12 rings (SSSR count). The maximum atomic E-state index is 2.58. The third-order valence-corrected chi connectivity index (χ3v) is 14.7. The highest BCUT2D eigenvalue weighted by Gasteiger charge is 2.62. The Labute approximate surface area is 344 Å². The number of fused-ring (bicyclic) bond motifs is 5. The number of anilines is 6. The minimum absolute atomic E-state index is 0.124. The summed E-state index contributed by atoms with van der Waals surface area (Å²) in [6.45, 7) is 0. The molecule has 0 aliphatic heterocycles. The molecular formula is C55H42N2S. The van der Waals surface area contributed by atoms with Crippen molar-refractivity contribution < 1.29 is 0 Å². The summed E-state index contributed by atoms with van der Waals surface area (Å²) in [6, 6.07) is 72.4. The summed E-state index contributed by atoms with van der Waals surface area (Å²) in [7, 11) is 0. The second-order valence-corrected chi connectivity index (χ2v) is 17.5. The summed E-state index contributed by atoms with van der Waals surface area (Å²) in [4.78, 5) is 5.16. The summed E-state index contributed by atoms with van der Waals surface area (Å²) < 4.78 is 2.66. The number of rotatable bonds is 7. The lowest BCUT2D eigenvalue weighted by Gasteiger charge is -2.40. The van der Waals surface area contributed by atoms with E-state index in [0.717, 1.165) is 12.8 Å². The summed E-state index contributed by atoms with van der Waals surface area (Å²) in [6.07, 6.45) is 4.71. The zero-order chi connectivity index (χ0) is 38.2. The third kappa shape index (κ3) is 4.96. The molecule has 8 aromatic carbocycles. The lowest BCUT2D eigenvalue weighted by Crippen LogP contribution is -2.34. The third-order valence-electron chi connectivity index (χ3n) is 13.5. The van der Waals surface area contributed by atoms with E-state index >= 15 is 0 Å². The summed E-state index contributed by atoms with van der Waals surface area (Å²) >= 11 is 1.90. The Balaban J connectivity index is 1.11. The fourth-order valence-electron chi connectivity index (χ4n) is 11.4. The van der Waals surface area contributed by atoms with Crippen molar-refractivity contribution >= 4 is 65.6 Å². The Kier molecular flexibility index (Phi) is 7.74. The molecule has 3 atom stereocenters. The number of hydrogen-bond acceptors (Lipinski definition) is 3. The van der Waals surface area contributed by atoms with E-state index in [1.165, 1.54) is 95.0 Å². The number of benzene rings is 8. The Bertz CT molecular complexity index is 2980. The predicted molar refractivity (Wildman–Crippen MR) is 245 cm³/mol. The number of para-hydroxylation sites is 3. The topological polar surface area (TPSA) is 6.48 Å². The van der Waals surface area contributed by atoms with Crippen LogP contribution in [0.25, 0.3) is 31.3 Å². The van der Waals surface area contributed by atoms with Gasteiger partial charge < -0.3 is 9.80 Å². The van der Waals surface area contributed by atoms with Gasteiger partial charge in [-0.3, -0.25) is 0 Å². The Morgan fingerprint density at radius 1 is 0.414 bits per heavy atom. The molecule has 3 aliphatic rings. The van der Waals surface area contributed by atoms with E-state index < -0.39 is 0 Å². The fourth-order valence-corrected chi connectivity index (χ4v) is 12.5. The number of thiophene rings is 1. The molecule has 3 heteroatoms. The van der Waals surface area contributed by atoms with Gasteiger partial charge in [0.25, 0.3) is 0 Å². The van der Waals surface area contributed by atoms with Crippen molar-refractivity contribution in [3.05, 3.63) is 216 Å². The van der Waals surface area contributed by atoms with Gasteiger partial charge in [-0.05, 0) is 126 Å². The summed E-state index contributed by atoms with van der Waals surface area (Å²) in [5.41, 5.74) is 15.8. The monoisotopic (exact) mass is 762 g/mol. The van der Waals surface area contributed by atoms with E-state index in [1.54, 1.807) is 5.56 Å². The van der Waals surface area contributed by atoms with Crippen molar-refractivity contribution in [1.29, 1.82) is 0 Å². The van der Waals surface area contributed by atoms with Gasteiger partial charge >= 0.3 is 0 Å². The molecule has 1 spiro atoms. The molecule has 1 heterocycles. The minimum Gasteiger partial charge on any atom is -0.310 e. The quantitative estimate of drug-likeness (QED) is 0.160. The van der Waals surface area contributed by atoms with Crippen molar-refractivity contribution in [1.82, 2.24) is 0 Å².